The molecule has 0 saturated heterocycles. The number of aliphatic hydroxyl groups is 2. The Labute approximate surface area is 154 Å². The molecule has 26 heavy (non-hydrogen) atoms. The van der Waals surface area contributed by atoms with E-state index in [4.69, 9.17) is 4.74 Å². The number of carbonyl (C=O) groups excluding carboxylic acids is 1. The molecule has 5 atom stereocenters. The third-order valence-corrected chi connectivity index (χ3v) is 5.56. The zero-order valence-electron chi connectivity index (χ0n) is 14.9. The maximum Gasteiger partial charge on any atom is 0.161 e. The number of allylic oxidation sites excluding steroid dienone is 1. The number of rotatable bonds is 7. The highest BCUT2D eigenvalue weighted by atomic mass is 16.5. The van der Waals surface area contributed by atoms with Gasteiger partial charge in [-0.15, -0.1) is 6.58 Å². The summed E-state index contributed by atoms with van der Waals surface area (Å²) in [6.45, 7) is 7.65. The maximum absolute atomic E-state index is 12.1. The van der Waals surface area contributed by atoms with Crippen molar-refractivity contribution in [2.45, 2.75) is 31.0 Å². The van der Waals surface area contributed by atoms with Crippen molar-refractivity contribution in [3.8, 4) is 5.75 Å². The zero-order valence-corrected chi connectivity index (χ0v) is 14.9. The van der Waals surface area contributed by atoms with Crippen molar-refractivity contribution in [1.82, 2.24) is 0 Å². The van der Waals surface area contributed by atoms with Gasteiger partial charge >= 0.3 is 0 Å². The largest absolute Gasteiger partial charge is 0.490 e. The van der Waals surface area contributed by atoms with Crippen LogP contribution in [0, 0.1) is 17.8 Å². The minimum Gasteiger partial charge on any atom is -0.490 e. The predicted molar refractivity (Wildman–Crippen MR) is 101 cm³/mol. The molecular formula is C22H26O4. The van der Waals surface area contributed by atoms with Crippen molar-refractivity contribution in [3.63, 3.8) is 0 Å². The van der Waals surface area contributed by atoms with Gasteiger partial charge in [-0.25, -0.2) is 0 Å². The van der Waals surface area contributed by atoms with Crippen LogP contribution in [-0.2, 0) is 4.79 Å². The predicted octanol–water partition coefficient (Wildman–Crippen LogP) is 3.07. The number of para-hydroxylation sites is 1. The smallest absolute Gasteiger partial charge is 0.161 e. The second-order valence-electron chi connectivity index (χ2n) is 7.36. The second-order valence-corrected chi connectivity index (χ2v) is 7.36. The molecule has 0 aliphatic heterocycles. The lowest BCUT2D eigenvalue weighted by Gasteiger charge is -2.23. The lowest BCUT2D eigenvalue weighted by atomic mass is 9.89. The average Bonchev–Trinajstić information content (AvgIpc) is 3.10. The van der Waals surface area contributed by atoms with Gasteiger partial charge in [-0.2, -0.15) is 0 Å². The quantitative estimate of drug-likeness (QED) is 0.583. The molecule has 0 amide bonds. The highest BCUT2D eigenvalue weighted by Crippen LogP contribution is 2.48. The molecule has 4 nitrogen and oxygen atoms in total. The Morgan fingerprint density at radius 2 is 2.04 bits per heavy atom. The van der Waals surface area contributed by atoms with Gasteiger partial charge in [0.15, 0.2) is 5.78 Å². The Balaban J connectivity index is 1.59. The lowest BCUT2D eigenvalue weighted by Crippen LogP contribution is -2.33. The van der Waals surface area contributed by atoms with Crippen molar-refractivity contribution in [2.24, 2.45) is 17.8 Å². The normalized spacial score (nSPS) is 30.4. The molecule has 2 saturated carbocycles. The van der Waals surface area contributed by atoms with Crippen LogP contribution >= 0.6 is 0 Å². The molecule has 138 valence electrons. The van der Waals surface area contributed by atoms with E-state index in [2.05, 4.69) is 13.2 Å². The van der Waals surface area contributed by atoms with E-state index < -0.39 is 11.7 Å². The average molecular weight is 354 g/mol. The number of hydrogen-bond donors (Lipinski definition) is 2. The molecule has 2 N–H and O–H groups in total. The van der Waals surface area contributed by atoms with E-state index in [-0.39, 0.29) is 30.1 Å². The summed E-state index contributed by atoms with van der Waals surface area (Å²) in [5.74, 6) is 0.732. The van der Waals surface area contributed by atoms with Crippen molar-refractivity contribution < 1.29 is 19.7 Å². The van der Waals surface area contributed by atoms with Crippen LogP contribution in [0.1, 0.15) is 19.3 Å². The Morgan fingerprint density at radius 3 is 2.73 bits per heavy atom. The van der Waals surface area contributed by atoms with Gasteiger partial charge in [-0.3, -0.25) is 4.79 Å². The van der Waals surface area contributed by atoms with Crippen LogP contribution in [0.5, 0.6) is 5.75 Å². The first-order valence-corrected chi connectivity index (χ1v) is 9.04. The monoisotopic (exact) mass is 354 g/mol. The molecule has 1 unspecified atom stereocenters. The van der Waals surface area contributed by atoms with Gasteiger partial charge in [-0.05, 0) is 36.5 Å². The molecule has 0 radical (unpaired) electrons. The highest BCUT2D eigenvalue weighted by Gasteiger charge is 2.49. The van der Waals surface area contributed by atoms with Crippen LogP contribution in [0.3, 0.4) is 0 Å². The molecule has 0 spiro atoms. The van der Waals surface area contributed by atoms with Crippen LogP contribution in [-0.4, -0.2) is 34.3 Å². The molecule has 2 aliphatic carbocycles. The standard InChI is InChI=1S/C22H26O4/c1-3-22(25,14-26-16-8-5-4-6-9-16)11-7-10-17-18-12-15(2)21(24)19(18)13-20(17)23/h3-10,17-20,23,25H,1-2,11-14H2/t17-,18-,19-,20+,22?/m0/s1. The summed E-state index contributed by atoms with van der Waals surface area (Å²) >= 11 is 0. The third kappa shape index (κ3) is 3.81. The number of hydrogen-bond acceptors (Lipinski definition) is 4. The number of ketones is 1. The first-order valence-electron chi connectivity index (χ1n) is 9.04. The molecule has 2 aliphatic rings. The summed E-state index contributed by atoms with van der Waals surface area (Å²) in [4.78, 5) is 12.1. The molecule has 4 heteroatoms. The van der Waals surface area contributed by atoms with Crippen molar-refractivity contribution in [2.75, 3.05) is 6.61 Å². The van der Waals surface area contributed by atoms with Crippen molar-refractivity contribution in [3.05, 3.63) is 67.3 Å². The number of benzene rings is 1. The molecule has 3 rings (SSSR count). The van der Waals surface area contributed by atoms with E-state index in [0.29, 0.717) is 30.6 Å². The van der Waals surface area contributed by atoms with Crippen LogP contribution in [0.2, 0.25) is 0 Å². The Morgan fingerprint density at radius 1 is 1.31 bits per heavy atom. The van der Waals surface area contributed by atoms with Crippen LogP contribution in [0.15, 0.2) is 67.3 Å². The number of aliphatic hydroxyl groups excluding tert-OH is 1. The van der Waals surface area contributed by atoms with E-state index in [1.807, 2.05) is 42.5 Å². The Bertz CT molecular complexity index is 708. The molecular weight excluding hydrogens is 328 g/mol. The minimum atomic E-state index is -1.19. The summed E-state index contributed by atoms with van der Waals surface area (Å²) in [6.07, 6.45) is 6.23. The molecule has 2 fully saturated rings. The molecule has 0 heterocycles. The van der Waals surface area contributed by atoms with Gasteiger partial charge in [0.1, 0.15) is 18.0 Å². The first-order chi connectivity index (χ1) is 12.4. The summed E-state index contributed by atoms with van der Waals surface area (Å²) in [5, 5.41) is 21.0. The van der Waals surface area contributed by atoms with Gasteiger partial charge in [0, 0.05) is 18.3 Å². The number of fused-ring (bicyclic) bond motifs is 1. The molecule has 0 aromatic heterocycles. The van der Waals surface area contributed by atoms with E-state index >= 15 is 0 Å². The molecule has 1 aromatic carbocycles. The number of ether oxygens (including phenoxy) is 1. The fraction of sp³-hybridized carbons (Fsp3) is 0.409. The molecule has 0 bridgehead atoms. The number of carbonyl (C=O) groups is 1. The van der Waals surface area contributed by atoms with Crippen LogP contribution in [0.25, 0.3) is 0 Å². The van der Waals surface area contributed by atoms with E-state index in [1.165, 1.54) is 6.08 Å². The van der Waals surface area contributed by atoms with E-state index in [0.717, 1.165) is 0 Å². The fourth-order valence-electron chi connectivity index (χ4n) is 4.00. The summed E-state index contributed by atoms with van der Waals surface area (Å²) in [6, 6.07) is 9.31. The Kier molecular flexibility index (Phi) is 5.44. The van der Waals surface area contributed by atoms with Crippen LogP contribution < -0.4 is 4.74 Å². The second kappa shape index (κ2) is 7.60. The van der Waals surface area contributed by atoms with Gasteiger partial charge in [0.05, 0.1) is 6.10 Å². The van der Waals surface area contributed by atoms with Gasteiger partial charge in [0.2, 0.25) is 0 Å². The summed E-state index contributed by atoms with van der Waals surface area (Å²) in [7, 11) is 0. The highest BCUT2D eigenvalue weighted by molar-refractivity contribution is 5.99. The number of Topliss-reactive ketones (excluding diaryl/α,β-unsaturated/α-hetero) is 1. The topological polar surface area (TPSA) is 66.8 Å². The Hall–Kier alpha value is -2.17. The van der Waals surface area contributed by atoms with Gasteiger partial charge in [-0.1, -0.05) is 43.0 Å². The third-order valence-electron chi connectivity index (χ3n) is 5.56. The SMILES string of the molecule is C=CC(O)(CC=C[C@H]1[C@@H]2CC(=C)C(=O)[C@H]2C[C@H]1O)COc1ccccc1. The lowest BCUT2D eigenvalue weighted by molar-refractivity contribution is -0.118. The van der Waals surface area contributed by atoms with Crippen LogP contribution in [0.4, 0.5) is 0 Å². The summed E-state index contributed by atoms with van der Waals surface area (Å²) in [5.41, 5.74) is -0.520. The zero-order chi connectivity index (χ0) is 18.7. The van der Waals surface area contributed by atoms with Gasteiger partial charge < -0.3 is 14.9 Å². The van der Waals surface area contributed by atoms with Crippen molar-refractivity contribution >= 4 is 5.78 Å². The molecule has 1 aromatic rings. The van der Waals surface area contributed by atoms with Crippen molar-refractivity contribution in [1.29, 1.82) is 0 Å². The van der Waals surface area contributed by atoms with E-state index in [1.54, 1.807) is 0 Å². The summed E-state index contributed by atoms with van der Waals surface area (Å²) < 4.78 is 5.64. The van der Waals surface area contributed by atoms with E-state index in [9.17, 15) is 15.0 Å². The minimum absolute atomic E-state index is 0.0766. The maximum atomic E-state index is 12.1. The first kappa shape index (κ1) is 18.6. The fourth-order valence-corrected chi connectivity index (χ4v) is 4.00. The van der Waals surface area contributed by atoms with Gasteiger partial charge in [0.25, 0.3) is 0 Å².